The maximum atomic E-state index is 12.3. The van der Waals surface area contributed by atoms with Crippen LogP contribution in [0.1, 0.15) is 29.2 Å². The molecule has 1 aliphatic rings. The fraction of sp³-hybridized carbons (Fsp3) is 0.182. The summed E-state index contributed by atoms with van der Waals surface area (Å²) >= 11 is 0. The predicted octanol–water partition coefficient (Wildman–Crippen LogP) is 3.70. The van der Waals surface area contributed by atoms with Crippen LogP contribution in [0.15, 0.2) is 67.3 Å². The molecule has 1 N–H and O–H groups in total. The van der Waals surface area contributed by atoms with Crippen molar-refractivity contribution in [2.24, 2.45) is 0 Å². The van der Waals surface area contributed by atoms with Crippen LogP contribution in [0.5, 0.6) is 5.75 Å². The van der Waals surface area contributed by atoms with Crippen molar-refractivity contribution in [3.8, 4) is 11.4 Å². The summed E-state index contributed by atoms with van der Waals surface area (Å²) in [7, 11) is 1.63. The summed E-state index contributed by atoms with van der Waals surface area (Å²) in [6.07, 6.45) is 10.6. The summed E-state index contributed by atoms with van der Waals surface area (Å²) in [4.78, 5) is 16.4. The first-order chi connectivity index (χ1) is 13.2. The van der Waals surface area contributed by atoms with Crippen molar-refractivity contribution < 1.29 is 9.53 Å². The number of imidazole rings is 1. The quantitative estimate of drug-likeness (QED) is 0.707. The molecular formula is C22H21N3O2. The molecule has 3 aromatic rings. The van der Waals surface area contributed by atoms with Crippen LogP contribution in [0, 0.1) is 0 Å². The van der Waals surface area contributed by atoms with Gasteiger partial charge < -0.3 is 14.6 Å². The van der Waals surface area contributed by atoms with Crippen LogP contribution in [0.2, 0.25) is 0 Å². The number of carbonyl (C=O) groups excluding carboxylic acids is 1. The minimum Gasteiger partial charge on any atom is -0.495 e. The zero-order chi connectivity index (χ0) is 18.6. The van der Waals surface area contributed by atoms with Gasteiger partial charge in [-0.15, -0.1) is 0 Å². The largest absolute Gasteiger partial charge is 0.495 e. The van der Waals surface area contributed by atoms with Gasteiger partial charge in [-0.1, -0.05) is 30.3 Å². The van der Waals surface area contributed by atoms with Gasteiger partial charge in [0.2, 0.25) is 5.91 Å². The number of ether oxygens (including phenoxy) is 1. The van der Waals surface area contributed by atoms with Crippen LogP contribution < -0.4 is 10.1 Å². The van der Waals surface area contributed by atoms with Crippen molar-refractivity contribution in [3.05, 3.63) is 84.0 Å². The number of benzene rings is 2. The molecule has 5 nitrogen and oxygen atoms in total. The molecule has 0 saturated carbocycles. The topological polar surface area (TPSA) is 56.1 Å². The van der Waals surface area contributed by atoms with E-state index in [2.05, 4.69) is 22.4 Å². The Labute approximate surface area is 158 Å². The van der Waals surface area contributed by atoms with Gasteiger partial charge in [-0.05, 0) is 47.7 Å². The van der Waals surface area contributed by atoms with Crippen molar-refractivity contribution in [1.29, 1.82) is 0 Å². The molecule has 27 heavy (non-hydrogen) atoms. The number of aryl methyl sites for hydroxylation is 1. The average molecular weight is 359 g/mol. The Morgan fingerprint density at radius 1 is 1.30 bits per heavy atom. The van der Waals surface area contributed by atoms with Gasteiger partial charge in [0.25, 0.3) is 0 Å². The Morgan fingerprint density at radius 3 is 3.00 bits per heavy atom. The minimum absolute atomic E-state index is 0.0886. The number of nitrogens with one attached hydrogen (secondary N) is 1. The number of hydrogen-bond donors (Lipinski definition) is 1. The highest BCUT2D eigenvalue weighted by molar-refractivity contribution is 5.92. The highest BCUT2D eigenvalue weighted by Crippen LogP contribution is 2.30. The monoisotopic (exact) mass is 359 g/mol. The third kappa shape index (κ3) is 3.62. The maximum Gasteiger partial charge on any atom is 0.244 e. The Hall–Kier alpha value is -3.34. The number of amides is 1. The zero-order valence-corrected chi connectivity index (χ0v) is 15.1. The first-order valence-electron chi connectivity index (χ1n) is 8.97. The van der Waals surface area contributed by atoms with E-state index in [1.807, 2.05) is 41.1 Å². The molecule has 1 aliphatic carbocycles. The van der Waals surface area contributed by atoms with Gasteiger partial charge in [-0.3, -0.25) is 4.79 Å². The van der Waals surface area contributed by atoms with Crippen molar-refractivity contribution in [2.45, 2.75) is 18.9 Å². The SMILES string of the molecule is COc1cc(/C=C/C(=O)N[C@H]2CCc3ccccc32)ccc1-n1ccnc1. The third-order valence-corrected chi connectivity index (χ3v) is 4.86. The molecule has 2 aromatic carbocycles. The molecule has 0 fully saturated rings. The minimum atomic E-state index is -0.0886. The Kier molecular flexibility index (Phi) is 4.75. The number of nitrogens with zero attached hydrogens (tertiary/aromatic N) is 2. The summed E-state index contributed by atoms with van der Waals surface area (Å²) in [5.41, 5.74) is 4.36. The lowest BCUT2D eigenvalue weighted by Crippen LogP contribution is -2.25. The predicted molar refractivity (Wildman–Crippen MR) is 105 cm³/mol. The summed E-state index contributed by atoms with van der Waals surface area (Å²) in [6, 6.07) is 14.2. The number of methoxy groups -OCH3 is 1. The number of carbonyl (C=O) groups is 1. The number of fused-ring (bicyclic) bond motifs is 1. The molecule has 4 rings (SSSR count). The average Bonchev–Trinajstić information content (AvgIpc) is 3.37. The number of aromatic nitrogens is 2. The molecule has 1 atom stereocenters. The fourth-order valence-corrected chi connectivity index (χ4v) is 3.51. The normalized spacial score (nSPS) is 15.7. The van der Waals surface area contributed by atoms with E-state index in [4.69, 9.17) is 4.74 Å². The molecule has 1 heterocycles. The molecule has 1 aromatic heterocycles. The van der Waals surface area contributed by atoms with E-state index in [0.717, 1.165) is 29.8 Å². The lowest BCUT2D eigenvalue weighted by molar-refractivity contribution is -0.117. The lowest BCUT2D eigenvalue weighted by atomic mass is 10.1. The van der Waals surface area contributed by atoms with Crippen LogP contribution in [0.4, 0.5) is 0 Å². The Bertz CT molecular complexity index is 977. The summed E-state index contributed by atoms with van der Waals surface area (Å²) in [5.74, 6) is 0.634. The second kappa shape index (κ2) is 7.50. The number of rotatable bonds is 5. The van der Waals surface area contributed by atoms with Crippen LogP contribution in [-0.2, 0) is 11.2 Å². The van der Waals surface area contributed by atoms with Gasteiger partial charge in [-0.2, -0.15) is 0 Å². The van der Waals surface area contributed by atoms with Crippen molar-refractivity contribution >= 4 is 12.0 Å². The van der Waals surface area contributed by atoms with Gasteiger partial charge in [0.15, 0.2) is 0 Å². The van der Waals surface area contributed by atoms with Gasteiger partial charge in [0.1, 0.15) is 5.75 Å². The number of hydrogen-bond acceptors (Lipinski definition) is 3. The maximum absolute atomic E-state index is 12.3. The second-order valence-electron chi connectivity index (χ2n) is 6.53. The van der Waals surface area contributed by atoms with E-state index in [0.29, 0.717) is 0 Å². The first kappa shape index (κ1) is 17.1. The Balaban J connectivity index is 1.46. The zero-order valence-electron chi connectivity index (χ0n) is 15.1. The fourth-order valence-electron chi connectivity index (χ4n) is 3.51. The van der Waals surface area contributed by atoms with Crippen molar-refractivity contribution in [3.63, 3.8) is 0 Å². The van der Waals surface area contributed by atoms with E-state index in [1.54, 1.807) is 31.8 Å². The van der Waals surface area contributed by atoms with Gasteiger partial charge >= 0.3 is 0 Å². The standard InChI is InChI=1S/C22H21N3O2/c1-27-21-14-16(6-10-20(21)25-13-12-23-15-25)7-11-22(26)24-19-9-8-17-4-2-3-5-18(17)19/h2-7,10-15,19H,8-9H2,1H3,(H,24,26)/b11-7+/t19-/m0/s1. The van der Waals surface area contributed by atoms with Crippen LogP contribution in [0.25, 0.3) is 11.8 Å². The van der Waals surface area contributed by atoms with E-state index in [-0.39, 0.29) is 11.9 Å². The summed E-state index contributed by atoms with van der Waals surface area (Å²) in [6.45, 7) is 0. The van der Waals surface area contributed by atoms with Crippen LogP contribution >= 0.6 is 0 Å². The van der Waals surface area contributed by atoms with Crippen LogP contribution in [0.3, 0.4) is 0 Å². The molecule has 5 heteroatoms. The summed E-state index contributed by atoms with van der Waals surface area (Å²) in [5, 5.41) is 3.10. The summed E-state index contributed by atoms with van der Waals surface area (Å²) < 4.78 is 7.37. The second-order valence-corrected chi connectivity index (χ2v) is 6.53. The lowest BCUT2D eigenvalue weighted by Gasteiger charge is -2.12. The molecule has 0 bridgehead atoms. The molecule has 0 spiro atoms. The molecule has 0 aliphatic heterocycles. The van der Waals surface area contributed by atoms with Crippen LogP contribution in [-0.4, -0.2) is 22.6 Å². The molecule has 1 amide bonds. The highest BCUT2D eigenvalue weighted by Gasteiger charge is 2.22. The van der Waals surface area contributed by atoms with E-state index in [1.165, 1.54) is 11.1 Å². The van der Waals surface area contributed by atoms with Gasteiger partial charge in [0.05, 0.1) is 25.2 Å². The smallest absolute Gasteiger partial charge is 0.244 e. The Morgan fingerprint density at radius 2 is 2.19 bits per heavy atom. The molecule has 0 unspecified atom stereocenters. The van der Waals surface area contributed by atoms with Gasteiger partial charge in [0, 0.05) is 18.5 Å². The molecule has 0 saturated heterocycles. The molecular weight excluding hydrogens is 338 g/mol. The molecule has 0 radical (unpaired) electrons. The van der Waals surface area contributed by atoms with E-state index in [9.17, 15) is 4.79 Å². The molecule has 136 valence electrons. The third-order valence-electron chi connectivity index (χ3n) is 4.86. The van der Waals surface area contributed by atoms with Crippen molar-refractivity contribution in [2.75, 3.05) is 7.11 Å². The highest BCUT2D eigenvalue weighted by atomic mass is 16.5. The van der Waals surface area contributed by atoms with Gasteiger partial charge in [-0.25, -0.2) is 4.98 Å². The van der Waals surface area contributed by atoms with E-state index >= 15 is 0 Å². The first-order valence-corrected chi connectivity index (χ1v) is 8.97. The van der Waals surface area contributed by atoms with Crippen molar-refractivity contribution in [1.82, 2.24) is 14.9 Å². The van der Waals surface area contributed by atoms with E-state index < -0.39 is 0 Å².